The normalized spacial score (nSPS) is 11.7. The molecular weight excluding hydrogens is 432 g/mol. The van der Waals surface area contributed by atoms with E-state index in [0.29, 0.717) is 18.1 Å². The molecule has 1 heterocycles. The molecule has 0 saturated carbocycles. The Morgan fingerprint density at radius 3 is 2.36 bits per heavy atom. The number of thioether (sulfide) groups is 1. The molecule has 4 aromatic rings. The summed E-state index contributed by atoms with van der Waals surface area (Å²) >= 11 is 1.40. The molecule has 3 aromatic carbocycles. The van der Waals surface area contributed by atoms with E-state index in [0.717, 1.165) is 28.4 Å². The fourth-order valence-corrected chi connectivity index (χ4v) is 4.40. The predicted molar refractivity (Wildman–Crippen MR) is 131 cm³/mol. The van der Waals surface area contributed by atoms with E-state index in [9.17, 15) is 4.79 Å². The van der Waals surface area contributed by atoms with Crippen molar-refractivity contribution in [1.82, 2.24) is 20.1 Å². The highest BCUT2D eigenvalue weighted by Gasteiger charge is 2.21. The molecule has 7 heteroatoms. The van der Waals surface area contributed by atoms with Gasteiger partial charge in [0.2, 0.25) is 5.91 Å². The van der Waals surface area contributed by atoms with Gasteiger partial charge in [0.05, 0.1) is 12.4 Å². The van der Waals surface area contributed by atoms with Gasteiger partial charge < -0.3 is 10.1 Å². The van der Waals surface area contributed by atoms with Crippen molar-refractivity contribution < 1.29 is 9.53 Å². The minimum Gasteiger partial charge on any atom is -0.496 e. The molecule has 0 aliphatic carbocycles. The maximum Gasteiger partial charge on any atom is 0.233 e. The van der Waals surface area contributed by atoms with Crippen LogP contribution in [0.1, 0.15) is 23.9 Å². The van der Waals surface area contributed by atoms with E-state index in [2.05, 4.69) is 27.6 Å². The zero-order valence-corrected chi connectivity index (χ0v) is 19.5. The maximum atomic E-state index is 12.8. The number of amides is 1. The van der Waals surface area contributed by atoms with Crippen LogP contribution in [-0.2, 0) is 17.8 Å². The average molecular weight is 459 g/mol. The molecule has 4 rings (SSSR count). The second-order valence-electron chi connectivity index (χ2n) is 7.52. The number of nitrogens with one attached hydrogen (secondary N) is 1. The third kappa shape index (κ3) is 5.62. The molecule has 0 aliphatic rings. The fourth-order valence-electron chi connectivity index (χ4n) is 3.49. The molecule has 33 heavy (non-hydrogen) atoms. The highest BCUT2D eigenvalue weighted by atomic mass is 32.2. The number of benzene rings is 3. The lowest BCUT2D eigenvalue weighted by atomic mass is 10.1. The fraction of sp³-hybridized carbons (Fsp3) is 0.192. The van der Waals surface area contributed by atoms with Gasteiger partial charge in [-0.05, 0) is 30.7 Å². The van der Waals surface area contributed by atoms with Crippen LogP contribution in [0.4, 0.5) is 0 Å². The van der Waals surface area contributed by atoms with E-state index in [-0.39, 0.29) is 11.2 Å². The van der Waals surface area contributed by atoms with Gasteiger partial charge in [-0.15, -0.1) is 10.2 Å². The van der Waals surface area contributed by atoms with Crippen molar-refractivity contribution in [3.05, 3.63) is 102 Å². The lowest BCUT2D eigenvalue weighted by Crippen LogP contribution is -2.30. The van der Waals surface area contributed by atoms with Crippen LogP contribution >= 0.6 is 11.8 Å². The molecule has 6 nitrogen and oxygen atoms in total. The first-order chi connectivity index (χ1) is 16.2. The topological polar surface area (TPSA) is 69.0 Å². The lowest BCUT2D eigenvalue weighted by Gasteiger charge is -2.15. The number of carbonyl (C=O) groups excluding carboxylic acids is 1. The number of carbonyl (C=O) groups is 1. The zero-order valence-electron chi connectivity index (χ0n) is 18.6. The number of hydrogen-bond donors (Lipinski definition) is 1. The molecule has 1 atom stereocenters. The largest absolute Gasteiger partial charge is 0.496 e. The van der Waals surface area contributed by atoms with Crippen molar-refractivity contribution in [2.24, 2.45) is 0 Å². The van der Waals surface area contributed by atoms with Gasteiger partial charge in [0.15, 0.2) is 5.16 Å². The molecule has 1 unspecified atom stereocenters. The van der Waals surface area contributed by atoms with Gasteiger partial charge in [0, 0.05) is 24.2 Å². The Hall–Kier alpha value is -3.58. The lowest BCUT2D eigenvalue weighted by molar-refractivity contribution is -0.120. The highest BCUT2D eigenvalue weighted by molar-refractivity contribution is 8.00. The number of rotatable bonds is 9. The average Bonchev–Trinajstić information content (AvgIpc) is 3.25. The molecule has 0 radical (unpaired) electrons. The van der Waals surface area contributed by atoms with Gasteiger partial charge in [-0.1, -0.05) is 78.5 Å². The second kappa shape index (κ2) is 10.8. The number of ether oxygens (including phenoxy) is 1. The second-order valence-corrected chi connectivity index (χ2v) is 8.83. The van der Waals surface area contributed by atoms with E-state index in [1.807, 2.05) is 84.3 Å². The third-order valence-corrected chi connectivity index (χ3v) is 6.26. The Kier molecular flexibility index (Phi) is 7.42. The highest BCUT2D eigenvalue weighted by Crippen LogP contribution is 2.27. The van der Waals surface area contributed by atoms with Crippen LogP contribution in [-0.4, -0.2) is 33.0 Å². The SMILES string of the molecule is COc1ccccc1CNC(=O)C(C)Sc1nnc(Cc2ccccc2)n1-c1ccccc1. The number of aromatic nitrogens is 3. The first-order valence-corrected chi connectivity index (χ1v) is 11.6. The molecule has 0 saturated heterocycles. The molecule has 0 bridgehead atoms. The van der Waals surface area contributed by atoms with Crippen LogP contribution in [0.3, 0.4) is 0 Å². The summed E-state index contributed by atoms with van der Waals surface area (Å²) < 4.78 is 7.40. The van der Waals surface area contributed by atoms with Crippen LogP contribution in [0, 0.1) is 0 Å². The van der Waals surface area contributed by atoms with Crippen LogP contribution in [0.5, 0.6) is 5.75 Å². The first-order valence-electron chi connectivity index (χ1n) is 10.8. The summed E-state index contributed by atoms with van der Waals surface area (Å²) in [6.45, 7) is 2.28. The van der Waals surface area contributed by atoms with E-state index in [1.54, 1.807) is 7.11 Å². The Balaban J connectivity index is 1.51. The Morgan fingerprint density at radius 1 is 0.970 bits per heavy atom. The van der Waals surface area contributed by atoms with Crippen molar-refractivity contribution >= 4 is 17.7 Å². The van der Waals surface area contributed by atoms with Crippen LogP contribution < -0.4 is 10.1 Å². The van der Waals surface area contributed by atoms with Gasteiger partial charge in [-0.2, -0.15) is 0 Å². The van der Waals surface area contributed by atoms with Gasteiger partial charge >= 0.3 is 0 Å². The van der Waals surface area contributed by atoms with Gasteiger partial charge in [-0.25, -0.2) is 0 Å². The number of methoxy groups -OCH3 is 1. The monoisotopic (exact) mass is 458 g/mol. The molecule has 0 aliphatic heterocycles. The number of nitrogens with zero attached hydrogens (tertiary/aromatic N) is 3. The third-order valence-electron chi connectivity index (χ3n) is 5.22. The minimum absolute atomic E-state index is 0.0712. The van der Waals surface area contributed by atoms with Crippen molar-refractivity contribution in [3.63, 3.8) is 0 Å². The number of para-hydroxylation sites is 2. The van der Waals surface area contributed by atoms with Crippen molar-refractivity contribution in [2.45, 2.75) is 30.3 Å². The molecule has 168 valence electrons. The summed E-state index contributed by atoms with van der Waals surface area (Å²) in [6.07, 6.45) is 0.650. The van der Waals surface area contributed by atoms with Crippen molar-refractivity contribution in [2.75, 3.05) is 7.11 Å². The van der Waals surface area contributed by atoms with Crippen molar-refractivity contribution in [3.8, 4) is 11.4 Å². The van der Waals surface area contributed by atoms with Crippen LogP contribution in [0.15, 0.2) is 90.1 Å². The summed E-state index contributed by atoms with van der Waals surface area (Å²) in [5.74, 6) is 1.52. The first kappa shape index (κ1) is 22.6. The van der Waals surface area contributed by atoms with Gasteiger partial charge in [0.25, 0.3) is 0 Å². The van der Waals surface area contributed by atoms with Crippen LogP contribution in [0.25, 0.3) is 5.69 Å². The van der Waals surface area contributed by atoms with Crippen molar-refractivity contribution in [1.29, 1.82) is 0 Å². The summed E-state index contributed by atoms with van der Waals surface area (Å²) in [6, 6.07) is 27.8. The van der Waals surface area contributed by atoms with E-state index in [1.165, 1.54) is 11.8 Å². The summed E-state index contributed by atoms with van der Waals surface area (Å²) in [7, 11) is 1.63. The molecular formula is C26H26N4O2S. The molecule has 1 N–H and O–H groups in total. The quantitative estimate of drug-likeness (QED) is 0.369. The smallest absolute Gasteiger partial charge is 0.233 e. The molecule has 1 aromatic heterocycles. The summed E-state index contributed by atoms with van der Waals surface area (Å²) in [4.78, 5) is 12.8. The molecule has 0 fully saturated rings. The Labute approximate surface area is 198 Å². The Morgan fingerprint density at radius 2 is 1.64 bits per heavy atom. The van der Waals surface area contributed by atoms with E-state index < -0.39 is 0 Å². The summed E-state index contributed by atoms with van der Waals surface area (Å²) in [5.41, 5.74) is 3.06. The predicted octanol–water partition coefficient (Wildman–Crippen LogP) is 4.66. The standard InChI is InChI=1S/C26H26N4O2S/c1-19(25(31)27-18-21-13-9-10-16-23(21)32-2)33-26-29-28-24(17-20-11-5-3-6-12-20)30(26)22-14-7-4-8-15-22/h3-16,19H,17-18H2,1-2H3,(H,27,31). The van der Waals surface area contributed by atoms with E-state index in [4.69, 9.17) is 4.74 Å². The minimum atomic E-state index is -0.351. The number of hydrogen-bond acceptors (Lipinski definition) is 5. The summed E-state index contributed by atoms with van der Waals surface area (Å²) in [5, 5.41) is 12.2. The van der Waals surface area contributed by atoms with Gasteiger partial charge in [0.1, 0.15) is 11.6 Å². The Bertz CT molecular complexity index is 1200. The molecule has 1 amide bonds. The van der Waals surface area contributed by atoms with Gasteiger partial charge in [-0.3, -0.25) is 9.36 Å². The maximum absolute atomic E-state index is 12.8. The van der Waals surface area contributed by atoms with Crippen LogP contribution in [0.2, 0.25) is 0 Å². The van der Waals surface area contributed by atoms with E-state index >= 15 is 0 Å². The molecule has 0 spiro atoms. The zero-order chi connectivity index (χ0) is 23.0.